The lowest BCUT2D eigenvalue weighted by atomic mass is 10.1. The number of carbonyl (C=O) groups is 2. The molecule has 4 rings (SSSR count). The fourth-order valence-corrected chi connectivity index (χ4v) is 3.75. The molecule has 2 amide bonds. The second-order valence-corrected chi connectivity index (χ2v) is 7.16. The number of rotatable bonds is 2. The summed E-state index contributed by atoms with van der Waals surface area (Å²) in [7, 11) is 2.10. The Balaban J connectivity index is 1.71. The molecule has 0 radical (unpaired) electrons. The summed E-state index contributed by atoms with van der Waals surface area (Å²) in [6.07, 6.45) is 1.64. The van der Waals surface area contributed by atoms with Crippen molar-refractivity contribution in [2.45, 2.75) is 13.0 Å². The van der Waals surface area contributed by atoms with Crippen LogP contribution in [0, 0.1) is 0 Å². The van der Waals surface area contributed by atoms with E-state index >= 15 is 0 Å². The molecular formula is C20H23N5O2. The van der Waals surface area contributed by atoms with Crippen molar-refractivity contribution in [1.29, 1.82) is 0 Å². The van der Waals surface area contributed by atoms with Crippen LogP contribution >= 0.6 is 0 Å². The van der Waals surface area contributed by atoms with Crippen LogP contribution in [-0.2, 0) is 4.79 Å². The lowest BCUT2D eigenvalue weighted by Crippen LogP contribution is -2.53. The van der Waals surface area contributed by atoms with Gasteiger partial charge in [0.2, 0.25) is 5.91 Å². The largest absolute Gasteiger partial charge is 0.319 e. The van der Waals surface area contributed by atoms with Crippen LogP contribution in [-0.4, -0.2) is 65.9 Å². The Morgan fingerprint density at radius 1 is 1.22 bits per heavy atom. The van der Waals surface area contributed by atoms with E-state index in [9.17, 15) is 9.59 Å². The zero-order valence-corrected chi connectivity index (χ0v) is 15.6. The van der Waals surface area contributed by atoms with Gasteiger partial charge in [0.15, 0.2) is 5.82 Å². The zero-order valence-electron chi connectivity index (χ0n) is 15.6. The molecule has 1 aromatic carbocycles. The molecule has 2 aromatic rings. The van der Waals surface area contributed by atoms with Gasteiger partial charge >= 0.3 is 0 Å². The minimum atomic E-state index is -0.233. The Kier molecular flexibility index (Phi) is 4.63. The van der Waals surface area contributed by atoms with E-state index in [-0.39, 0.29) is 24.4 Å². The summed E-state index contributed by atoms with van der Waals surface area (Å²) in [6, 6.07) is 11.0. The summed E-state index contributed by atoms with van der Waals surface area (Å²) < 4.78 is 0. The third-order valence-electron chi connectivity index (χ3n) is 5.19. The summed E-state index contributed by atoms with van der Waals surface area (Å²) in [5.41, 5.74) is 1.58. The van der Waals surface area contributed by atoms with Gasteiger partial charge < -0.3 is 10.2 Å². The number of hydrogen-bond acceptors (Lipinski definition) is 5. The molecule has 140 valence electrons. The third-order valence-corrected chi connectivity index (χ3v) is 5.19. The van der Waals surface area contributed by atoms with E-state index in [1.807, 2.05) is 6.07 Å². The van der Waals surface area contributed by atoms with Crippen molar-refractivity contribution in [2.75, 3.05) is 43.4 Å². The van der Waals surface area contributed by atoms with Gasteiger partial charge in [-0.25, -0.2) is 4.98 Å². The van der Waals surface area contributed by atoms with Gasteiger partial charge in [-0.2, -0.15) is 0 Å². The number of anilines is 3. The number of nitrogens with zero attached hydrogens (tertiary/aromatic N) is 4. The number of amides is 2. The van der Waals surface area contributed by atoms with Gasteiger partial charge in [-0.1, -0.05) is 12.1 Å². The first-order valence-corrected chi connectivity index (χ1v) is 9.15. The molecule has 7 heteroatoms. The molecule has 1 aromatic heterocycles. The Hall–Kier alpha value is -2.77. The first-order valence-electron chi connectivity index (χ1n) is 9.15. The number of carbonyl (C=O) groups excluding carboxylic acids is 2. The number of piperazine rings is 1. The maximum Gasteiger partial charge on any atom is 0.257 e. The monoisotopic (exact) mass is 365 g/mol. The third kappa shape index (κ3) is 3.31. The molecule has 1 fully saturated rings. The number of aromatic nitrogens is 1. The van der Waals surface area contributed by atoms with Crippen LogP contribution in [0.4, 0.5) is 17.2 Å². The molecule has 7 nitrogen and oxygen atoms in total. The highest BCUT2D eigenvalue weighted by Crippen LogP contribution is 2.36. The molecule has 27 heavy (non-hydrogen) atoms. The van der Waals surface area contributed by atoms with Gasteiger partial charge in [0.1, 0.15) is 0 Å². The second kappa shape index (κ2) is 7.09. The van der Waals surface area contributed by atoms with Gasteiger partial charge in [0, 0.05) is 31.9 Å². The van der Waals surface area contributed by atoms with Crippen molar-refractivity contribution in [3.63, 3.8) is 0 Å². The number of benzene rings is 1. The number of likely N-dealkylation sites (N-methyl/N-ethyl adjacent to an activating group) is 1. The van der Waals surface area contributed by atoms with Gasteiger partial charge in [-0.3, -0.25) is 19.4 Å². The predicted octanol–water partition coefficient (Wildman–Crippen LogP) is 1.95. The average molecular weight is 365 g/mol. The molecular weight excluding hydrogens is 342 g/mol. The quantitative estimate of drug-likeness (QED) is 0.881. The summed E-state index contributed by atoms with van der Waals surface area (Å²) in [5, 5.41) is 2.87. The standard InChI is InChI=1S/C20H23N5O2/c1-14-12-23(2)10-11-24(14)13-18(26)25-17-8-4-3-6-15(17)20(27)22-16-7-5-9-21-19(16)25/h3-9,14H,10-13H2,1-2H3,(H,22,27). The van der Waals surface area contributed by atoms with E-state index in [1.54, 1.807) is 41.4 Å². The van der Waals surface area contributed by atoms with Crippen LogP contribution in [0.5, 0.6) is 0 Å². The van der Waals surface area contributed by atoms with Crippen molar-refractivity contribution in [3.8, 4) is 0 Å². The number of hydrogen-bond donors (Lipinski definition) is 1. The fraction of sp³-hybridized carbons (Fsp3) is 0.350. The van der Waals surface area contributed by atoms with Crippen LogP contribution < -0.4 is 10.2 Å². The fourth-order valence-electron chi connectivity index (χ4n) is 3.75. The molecule has 2 aliphatic heterocycles. The smallest absolute Gasteiger partial charge is 0.257 e. The second-order valence-electron chi connectivity index (χ2n) is 7.16. The average Bonchev–Trinajstić information content (AvgIpc) is 2.78. The maximum atomic E-state index is 13.4. The highest BCUT2D eigenvalue weighted by atomic mass is 16.2. The van der Waals surface area contributed by atoms with Gasteiger partial charge in [0.05, 0.1) is 23.5 Å². The van der Waals surface area contributed by atoms with Gasteiger partial charge in [-0.05, 0) is 38.2 Å². The SMILES string of the molecule is CC1CN(C)CCN1CC(=O)N1c2ccccc2C(=O)Nc2cccnc21. The number of pyridine rings is 1. The van der Waals surface area contributed by atoms with E-state index in [4.69, 9.17) is 0 Å². The predicted molar refractivity (Wildman–Crippen MR) is 104 cm³/mol. The Morgan fingerprint density at radius 2 is 2.04 bits per heavy atom. The van der Waals surface area contributed by atoms with E-state index in [1.165, 1.54) is 0 Å². The van der Waals surface area contributed by atoms with Gasteiger partial charge in [-0.15, -0.1) is 0 Å². The van der Waals surface area contributed by atoms with E-state index in [0.29, 0.717) is 22.8 Å². The van der Waals surface area contributed by atoms with Crippen molar-refractivity contribution >= 4 is 29.0 Å². The summed E-state index contributed by atoms with van der Waals surface area (Å²) in [4.78, 5) is 36.4. The molecule has 0 saturated carbocycles. The van der Waals surface area contributed by atoms with E-state index < -0.39 is 0 Å². The molecule has 0 aliphatic carbocycles. The molecule has 2 aliphatic rings. The summed E-state index contributed by atoms with van der Waals surface area (Å²) in [6.45, 7) is 5.12. The van der Waals surface area contributed by atoms with Crippen LogP contribution in [0.1, 0.15) is 17.3 Å². The molecule has 1 atom stereocenters. The molecule has 1 saturated heterocycles. The summed E-state index contributed by atoms with van der Waals surface area (Å²) >= 11 is 0. The highest BCUT2D eigenvalue weighted by molar-refractivity contribution is 6.17. The van der Waals surface area contributed by atoms with Crippen LogP contribution in [0.25, 0.3) is 0 Å². The van der Waals surface area contributed by atoms with E-state index in [2.05, 4.69) is 34.1 Å². The lowest BCUT2D eigenvalue weighted by Gasteiger charge is -2.38. The van der Waals surface area contributed by atoms with Crippen LogP contribution in [0.3, 0.4) is 0 Å². The van der Waals surface area contributed by atoms with Crippen molar-refractivity contribution in [1.82, 2.24) is 14.8 Å². The summed E-state index contributed by atoms with van der Waals surface area (Å²) in [5.74, 6) is 0.140. The Morgan fingerprint density at radius 3 is 2.85 bits per heavy atom. The maximum absolute atomic E-state index is 13.4. The lowest BCUT2D eigenvalue weighted by molar-refractivity contribution is -0.120. The van der Waals surface area contributed by atoms with Crippen molar-refractivity contribution < 1.29 is 9.59 Å². The Bertz CT molecular complexity index is 884. The van der Waals surface area contributed by atoms with E-state index in [0.717, 1.165) is 19.6 Å². The molecule has 1 N–H and O–H groups in total. The van der Waals surface area contributed by atoms with Gasteiger partial charge in [0.25, 0.3) is 5.91 Å². The molecule has 0 bridgehead atoms. The first-order chi connectivity index (χ1) is 13.0. The zero-order chi connectivity index (χ0) is 19.0. The molecule has 1 unspecified atom stereocenters. The van der Waals surface area contributed by atoms with Crippen molar-refractivity contribution in [2.24, 2.45) is 0 Å². The minimum absolute atomic E-state index is 0.0877. The molecule has 0 spiro atoms. The number of fused-ring (bicyclic) bond motifs is 2. The van der Waals surface area contributed by atoms with Crippen LogP contribution in [0.15, 0.2) is 42.6 Å². The first kappa shape index (κ1) is 17.6. The number of nitrogens with one attached hydrogen (secondary N) is 1. The topological polar surface area (TPSA) is 68.8 Å². The molecule has 3 heterocycles. The number of para-hydroxylation sites is 1. The minimum Gasteiger partial charge on any atom is -0.319 e. The Labute approximate surface area is 158 Å². The highest BCUT2D eigenvalue weighted by Gasteiger charge is 2.32. The normalized spacial score (nSPS) is 20.4. The van der Waals surface area contributed by atoms with Crippen molar-refractivity contribution in [3.05, 3.63) is 48.2 Å². The van der Waals surface area contributed by atoms with Crippen LogP contribution in [0.2, 0.25) is 0 Å².